The third kappa shape index (κ3) is 4.89. The first-order chi connectivity index (χ1) is 8.31. The van der Waals surface area contributed by atoms with E-state index < -0.39 is 16.2 Å². The van der Waals surface area contributed by atoms with Gasteiger partial charge in [0.15, 0.2) is 0 Å². The minimum absolute atomic E-state index is 0.0166. The molecule has 8 heteroatoms. The molecule has 1 heterocycles. The maximum atomic E-state index is 11.9. The Morgan fingerprint density at radius 2 is 2.00 bits per heavy atom. The Balaban J connectivity index is 2.45. The van der Waals surface area contributed by atoms with E-state index in [0.717, 1.165) is 30.2 Å². The molecule has 0 saturated carbocycles. The zero-order chi connectivity index (χ0) is 13.8. The van der Waals surface area contributed by atoms with Crippen LogP contribution in [0.4, 0.5) is 0 Å². The molecule has 1 aliphatic heterocycles. The predicted molar refractivity (Wildman–Crippen MR) is 67.5 cm³/mol. The second-order valence-corrected chi connectivity index (χ2v) is 6.47. The van der Waals surface area contributed by atoms with Gasteiger partial charge in [0.1, 0.15) is 0 Å². The highest BCUT2D eigenvalue weighted by Gasteiger charge is 2.25. The average molecular weight is 279 g/mol. The van der Waals surface area contributed by atoms with Gasteiger partial charge in [-0.05, 0) is 33.0 Å². The third-order valence-electron chi connectivity index (χ3n) is 3.09. The van der Waals surface area contributed by atoms with Crippen molar-refractivity contribution in [3.63, 3.8) is 0 Å². The van der Waals surface area contributed by atoms with Gasteiger partial charge in [0, 0.05) is 19.6 Å². The Morgan fingerprint density at radius 3 is 2.50 bits per heavy atom. The first-order valence-corrected chi connectivity index (χ1v) is 7.39. The van der Waals surface area contributed by atoms with Crippen molar-refractivity contribution in [2.75, 3.05) is 33.7 Å². The fourth-order valence-electron chi connectivity index (χ4n) is 1.80. The van der Waals surface area contributed by atoms with Gasteiger partial charge in [-0.2, -0.15) is 17.4 Å². The highest BCUT2D eigenvalue weighted by Crippen LogP contribution is 2.10. The van der Waals surface area contributed by atoms with Crippen molar-refractivity contribution in [1.82, 2.24) is 13.9 Å². The highest BCUT2D eigenvalue weighted by molar-refractivity contribution is 7.87. The van der Waals surface area contributed by atoms with Crippen molar-refractivity contribution in [3.8, 4) is 0 Å². The van der Waals surface area contributed by atoms with Crippen LogP contribution in [0.1, 0.15) is 19.3 Å². The van der Waals surface area contributed by atoms with Crippen molar-refractivity contribution in [2.24, 2.45) is 0 Å². The second-order valence-electron chi connectivity index (χ2n) is 4.67. The number of likely N-dealkylation sites (tertiary alicyclic amines) is 1. The Bertz CT molecular complexity index is 377. The van der Waals surface area contributed by atoms with Crippen molar-refractivity contribution in [1.29, 1.82) is 0 Å². The largest absolute Gasteiger partial charge is 0.481 e. The second kappa shape index (κ2) is 6.46. The van der Waals surface area contributed by atoms with Gasteiger partial charge in [-0.15, -0.1) is 0 Å². The highest BCUT2D eigenvalue weighted by atomic mass is 32.2. The summed E-state index contributed by atoms with van der Waals surface area (Å²) < 4.78 is 27.5. The minimum atomic E-state index is -3.57. The Morgan fingerprint density at radius 1 is 1.44 bits per heavy atom. The topological polar surface area (TPSA) is 90.0 Å². The molecule has 1 rings (SSSR count). The summed E-state index contributed by atoms with van der Waals surface area (Å²) in [7, 11) is -0.179. The third-order valence-corrected chi connectivity index (χ3v) is 4.72. The zero-order valence-corrected chi connectivity index (χ0v) is 11.6. The van der Waals surface area contributed by atoms with Crippen molar-refractivity contribution in [2.45, 2.75) is 25.3 Å². The number of piperidine rings is 1. The summed E-state index contributed by atoms with van der Waals surface area (Å²) in [6.07, 6.45) is 1.37. The van der Waals surface area contributed by atoms with Gasteiger partial charge in [0.2, 0.25) is 0 Å². The van der Waals surface area contributed by atoms with Crippen LogP contribution in [0.2, 0.25) is 0 Å². The number of nitrogens with one attached hydrogen (secondary N) is 1. The number of rotatable bonds is 6. The van der Waals surface area contributed by atoms with Gasteiger partial charge in [-0.25, -0.2) is 0 Å². The number of hydrogen-bond acceptors (Lipinski definition) is 4. The van der Waals surface area contributed by atoms with E-state index in [2.05, 4.69) is 9.62 Å². The van der Waals surface area contributed by atoms with Gasteiger partial charge in [-0.1, -0.05) is 0 Å². The Labute approximate surface area is 108 Å². The molecule has 106 valence electrons. The molecular weight excluding hydrogens is 258 g/mol. The quantitative estimate of drug-likeness (QED) is 0.672. The van der Waals surface area contributed by atoms with E-state index in [1.54, 1.807) is 0 Å². The molecule has 0 bridgehead atoms. The molecule has 0 aromatic carbocycles. The standard InChI is InChI=1S/C10H21N3O4S/c1-12-6-3-9(4-7-12)11-18(16,17)13(2)8-5-10(14)15/h9,11H,3-8H2,1-2H3,(H,14,15). The molecule has 2 N–H and O–H groups in total. The Hall–Kier alpha value is -0.700. The molecule has 18 heavy (non-hydrogen) atoms. The summed E-state index contributed by atoms with van der Waals surface area (Å²) in [4.78, 5) is 12.6. The number of aliphatic carboxylic acids is 1. The first kappa shape index (κ1) is 15.4. The van der Waals surface area contributed by atoms with Gasteiger partial charge in [-0.3, -0.25) is 4.79 Å². The van der Waals surface area contributed by atoms with E-state index in [1.807, 2.05) is 7.05 Å². The maximum absolute atomic E-state index is 11.9. The first-order valence-electron chi connectivity index (χ1n) is 5.95. The van der Waals surface area contributed by atoms with Crippen molar-refractivity contribution < 1.29 is 18.3 Å². The molecule has 0 radical (unpaired) electrons. The van der Waals surface area contributed by atoms with Gasteiger partial charge in [0.25, 0.3) is 10.2 Å². The van der Waals surface area contributed by atoms with Crippen LogP contribution in [0.5, 0.6) is 0 Å². The molecule has 1 fully saturated rings. The lowest BCUT2D eigenvalue weighted by Gasteiger charge is -2.30. The summed E-state index contributed by atoms with van der Waals surface area (Å²) in [6.45, 7) is 1.72. The summed E-state index contributed by atoms with van der Waals surface area (Å²) in [6, 6.07) is -0.0570. The SMILES string of the molecule is CN1CCC(NS(=O)(=O)N(C)CCC(=O)O)CC1. The number of nitrogens with zero attached hydrogens (tertiary/aromatic N) is 2. The number of carbonyl (C=O) groups is 1. The minimum Gasteiger partial charge on any atom is -0.481 e. The van der Waals surface area contributed by atoms with Gasteiger partial charge in [0.05, 0.1) is 6.42 Å². The van der Waals surface area contributed by atoms with Gasteiger partial charge >= 0.3 is 5.97 Å². The average Bonchev–Trinajstić information content (AvgIpc) is 2.28. The summed E-state index contributed by atoms with van der Waals surface area (Å²) >= 11 is 0. The van der Waals surface area contributed by atoms with Crippen LogP contribution in [0.15, 0.2) is 0 Å². The lowest BCUT2D eigenvalue weighted by Crippen LogP contribution is -2.48. The molecule has 0 atom stereocenters. The van der Waals surface area contributed by atoms with Crippen LogP contribution in [0.3, 0.4) is 0 Å². The number of carboxylic acids is 1. The monoisotopic (exact) mass is 279 g/mol. The van der Waals surface area contributed by atoms with Crippen LogP contribution in [0, 0.1) is 0 Å². The molecule has 0 aliphatic carbocycles. The maximum Gasteiger partial charge on any atom is 0.304 e. The van der Waals surface area contributed by atoms with Crippen molar-refractivity contribution >= 4 is 16.2 Å². The summed E-state index contributed by atoms with van der Waals surface area (Å²) in [5.74, 6) is -1.00. The van der Waals surface area contributed by atoms with Crippen LogP contribution >= 0.6 is 0 Å². The van der Waals surface area contributed by atoms with Crippen LogP contribution < -0.4 is 4.72 Å². The van der Waals surface area contributed by atoms with E-state index in [-0.39, 0.29) is 19.0 Å². The molecule has 0 unspecified atom stereocenters. The smallest absolute Gasteiger partial charge is 0.304 e. The Kier molecular flexibility index (Phi) is 5.51. The normalized spacial score (nSPS) is 19.3. The van der Waals surface area contributed by atoms with E-state index in [0.29, 0.717) is 0 Å². The van der Waals surface area contributed by atoms with E-state index in [1.165, 1.54) is 7.05 Å². The lowest BCUT2D eigenvalue weighted by atomic mass is 10.1. The van der Waals surface area contributed by atoms with Crippen LogP contribution in [-0.2, 0) is 15.0 Å². The molecular formula is C10H21N3O4S. The molecule has 0 aromatic rings. The molecule has 1 aliphatic rings. The lowest BCUT2D eigenvalue weighted by molar-refractivity contribution is -0.137. The fourth-order valence-corrected chi connectivity index (χ4v) is 2.97. The van der Waals surface area contributed by atoms with Crippen LogP contribution in [-0.4, -0.2) is 68.5 Å². The number of hydrogen-bond donors (Lipinski definition) is 2. The fraction of sp³-hybridized carbons (Fsp3) is 0.900. The zero-order valence-electron chi connectivity index (χ0n) is 10.8. The molecule has 0 spiro atoms. The summed E-state index contributed by atoms with van der Waals surface area (Å²) in [5, 5.41) is 8.53. The van der Waals surface area contributed by atoms with Crippen molar-refractivity contribution in [3.05, 3.63) is 0 Å². The molecule has 0 aromatic heterocycles. The van der Waals surface area contributed by atoms with E-state index in [4.69, 9.17) is 5.11 Å². The number of carboxylic acid groups (broad SMARTS) is 1. The summed E-state index contributed by atoms with van der Waals surface area (Å²) in [5.41, 5.74) is 0. The van der Waals surface area contributed by atoms with Gasteiger partial charge < -0.3 is 10.0 Å². The van der Waals surface area contributed by atoms with E-state index >= 15 is 0 Å². The van der Waals surface area contributed by atoms with Crippen LogP contribution in [0.25, 0.3) is 0 Å². The predicted octanol–water partition coefficient (Wildman–Crippen LogP) is -0.678. The van der Waals surface area contributed by atoms with E-state index in [9.17, 15) is 13.2 Å². The molecule has 1 saturated heterocycles. The molecule has 0 amide bonds. The molecule has 7 nitrogen and oxygen atoms in total.